The van der Waals surface area contributed by atoms with Crippen molar-refractivity contribution in [3.63, 3.8) is 0 Å². The Morgan fingerprint density at radius 1 is 1.44 bits per heavy atom. The highest BCUT2D eigenvalue weighted by Crippen LogP contribution is 2.22. The van der Waals surface area contributed by atoms with Crippen molar-refractivity contribution in [1.29, 1.82) is 0 Å². The summed E-state index contributed by atoms with van der Waals surface area (Å²) < 4.78 is 11.7. The molecule has 1 saturated heterocycles. The second-order valence-electron chi connectivity index (χ2n) is 7.37. The monoisotopic (exact) mass is 411 g/mol. The van der Waals surface area contributed by atoms with E-state index in [1.165, 1.54) is 6.54 Å². The molecule has 2 atom stereocenters. The summed E-state index contributed by atoms with van der Waals surface area (Å²) in [5.74, 6) is 3.07. The average Bonchev–Trinajstić information content (AvgIpc) is 3.09. The van der Waals surface area contributed by atoms with Crippen molar-refractivity contribution < 1.29 is 14.4 Å². The van der Waals surface area contributed by atoms with E-state index in [0.717, 1.165) is 46.9 Å². The molecule has 0 spiro atoms. The lowest BCUT2D eigenvalue weighted by atomic mass is 10.2. The SMILES string of the molecule is Cc1cc(OCc2nc(SC[C@H]3C[NH+](CC(C)C)CCO3)n[nH]2)ccc1Cl. The highest BCUT2D eigenvalue weighted by atomic mass is 35.5. The number of ether oxygens (including phenoxy) is 2. The third-order valence-electron chi connectivity index (χ3n) is 4.44. The number of hydrogen-bond donors (Lipinski definition) is 2. The summed E-state index contributed by atoms with van der Waals surface area (Å²) in [6.45, 7) is 11.0. The molecule has 2 aromatic rings. The van der Waals surface area contributed by atoms with E-state index in [1.54, 1.807) is 16.7 Å². The van der Waals surface area contributed by atoms with E-state index in [1.807, 2.05) is 25.1 Å². The predicted octanol–water partition coefficient (Wildman–Crippen LogP) is 2.38. The molecule has 3 rings (SSSR count). The van der Waals surface area contributed by atoms with E-state index in [4.69, 9.17) is 21.1 Å². The Morgan fingerprint density at radius 2 is 2.30 bits per heavy atom. The van der Waals surface area contributed by atoms with Gasteiger partial charge in [0.05, 0.1) is 13.2 Å². The fraction of sp³-hybridized carbons (Fsp3) is 0.579. The predicted molar refractivity (Wildman–Crippen MR) is 108 cm³/mol. The quantitative estimate of drug-likeness (QED) is 0.653. The lowest BCUT2D eigenvalue weighted by molar-refractivity contribution is -0.914. The van der Waals surface area contributed by atoms with Crippen LogP contribution in [0.4, 0.5) is 0 Å². The van der Waals surface area contributed by atoms with Crippen LogP contribution in [-0.2, 0) is 11.3 Å². The Bertz CT molecular complexity index is 740. The number of quaternary nitrogens is 1. The van der Waals surface area contributed by atoms with Gasteiger partial charge in [-0.2, -0.15) is 0 Å². The summed E-state index contributed by atoms with van der Waals surface area (Å²) in [4.78, 5) is 6.13. The van der Waals surface area contributed by atoms with Crippen LogP contribution in [0.3, 0.4) is 0 Å². The van der Waals surface area contributed by atoms with Crippen LogP contribution >= 0.6 is 23.4 Å². The number of benzene rings is 1. The second kappa shape index (κ2) is 9.78. The van der Waals surface area contributed by atoms with Crippen molar-refractivity contribution >= 4 is 23.4 Å². The molecule has 2 heterocycles. The zero-order chi connectivity index (χ0) is 19.2. The van der Waals surface area contributed by atoms with E-state index in [2.05, 4.69) is 29.0 Å². The zero-order valence-corrected chi connectivity index (χ0v) is 17.7. The number of aromatic nitrogens is 3. The fourth-order valence-corrected chi connectivity index (χ4v) is 4.11. The smallest absolute Gasteiger partial charge is 0.208 e. The molecular formula is C19H28ClN4O2S+. The number of aromatic amines is 1. The molecule has 27 heavy (non-hydrogen) atoms. The van der Waals surface area contributed by atoms with Gasteiger partial charge in [0, 0.05) is 16.7 Å². The molecule has 0 aliphatic carbocycles. The van der Waals surface area contributed by atoms with Crippen LogP contribution in [0.25, 0.3) is 0 Å². The summed E-state index contributed by atoms with van der Waals surface area (Å²) in [5, 5.41) is 8.69. The molecule has 148 valence electrons. The van der Waals surface area contributed by atoms with Crippen LogP contribution in [0.2, 0.25) is 5.02 Å². The Balaban J connectivity index is 1.44. The van der Waals surface area contributed by atoms with Crippen LogP contribution in [0.15, 0.2) is 23.4 Å². The molecule has 0 radical (unpaired) electrons. The lowest BCUT2D eigenvalue weighted by Crippen LogP contribution is -3.15. The Hall–Kier alpha value is -1.28. The second-order valence-corrected chi connectivity index (χ2v) is 8.76. The first kappa shape index (κ1) is 20.5. The molecular weight excluding hydrogens is 384 g/mol. The van der Waals surface area contributed by atoms with Crippen LogP contribution in [0.5, 0.6) is 5.75 Å². The van der Waals surface area contributed by atoms with Gasteiger partial charge in [-0.05, 0) is 30.7 Å². The van der Waals surface area contributed by atoms with Gasteiger partial charge in [-0.15, -0.1) is 5.10 Å². The number of nitrogens with one attached hydrogen (secondary N) is 2. The molecule has 1 aliphatic heterocycles. The van der Waals surface area contributed by atoms with Gasteiger partial charge in [-0.1, -0.05) is 37.2 Å². The van der Waals surface area contributed by atoms with Gasteiger partial charge < -0.3 is 14.4 Å². The van der Waals surface area contributed by atoms with Crippen molar-refractivity contribution in [1.82, 2.24) is 15.2 Å². The third kappa shape index (κ3) is 6.38. The number of H-pyrrole nitrogens is 1. The van der Waals surface area contributed by atoms with Crippen LogP contribution < -0.4 is 9.64 Å². The maximum absolute atomic E-state index is 6.03. The summed E-state index contributed by atoms with van der Waals surface area (Å²) in [7, 11) is 0. The topological polar surface area (TPSA) is 64.5 Å². The first-order chi connectivity index (χ1) is 13.0. The minimum absolute atomic E-state index is 0.257. The van der Waals surface area contributed by atoms with Crippen molar-refractivity contribution in [2.75, 3.05) is 32.0 Å². The molecule has 6 nitrogen and oxygen atoms in total. The van der Waals surface area contributed by atoms with Gasteiger partial charge in [-0.25, -0.2) is 4.98 Å². The van der Waals surface area contributed by atoms with E-state index in [0.29, 0.717) is 18.3 Å². The molecule has 1 aliphatic rings. The number of aryl methyl sites for hydroxylation is 1. The Kier molecular flexibility index (Phi) is 7.41. The van der Waals surface area contributed by atoms with Crippen molar-refractivity contribution in [2.45, 2.75) is 38.6 Å². The normalized spacial score (nSPS) is 20.2. The summed E-state index contributed by atoms with van der Waals surface area (Å²) in [6, 6.07) is 5.61. The standard InChI is InChI=1S/C19H27ClN4O2S/c1-13(2)9-24-6-7-25-16(10-24)12-27-19-21-18(22-23-19)11-26-15-4-5-17(20)14(3)8-15/h4-5,8,13,16H,6-7,9-12H2,1-3H3,(H,21,22,23)/p+1/t16-/m1/s1. The number of nitrogens with zero attached hydrogens (tertiary/aromatic N) is 2. The van der Waals surface area contributed by atoms with Gasteiger partial charge in [0.15, 0.2) is 5.82 Å². The molecule has 1 fully saturated rings. The van der Waals surface area contributed by atoms with E-state index < -0.39 is 0 Å². The maximum atomic E-state index is 6.03. The van der Waals surface area contributed by atoms with E-state index in [-0.39, 0.29) is 6.10 Å². The summed E-state index contributed by atoms with van der Waals surface area (Å²) >= 11 is 7.66. The minimum atomic E-state index is 0.257. The number of rotatable bonds is 8. The van der Waals surface area contributed by atoms with E-state index >= 15 is 0 Å². The van der Waals surface area contributed by atoms with Gasteiger partial charge in [-0.3, -0.25) is 5.10 Å². The first-order valence-electron chi connectivity index (χ1n) is 9.38. The molecule has 1 unspecified atom stereocenters. The Morgan fingerprint density at radius 3 is 3.07 bits per heavy atom. The number of hydrogen-bond acceptors (Lipinski definition) is 5. The van der Waals surface area contributed by atoms with Gasteiger partial charge in [0.25, 0.3) is 0 Å². The zero-order valence-electron chi connectivity index (χ0n) is 16.1. The highest BCUT2D eigenvalue weighted by molar-refractivity contribution is 7.99. The van der Waals surface area contributed by atoms with Crippen molar-refractivity contribution in [3.05, 3.63) is 34.6 Å². The summed E-state index contributed by atoms with van der Waals surface area (Å²) in [6.07, 6.45) is 0.257. The van der Waals surface area contributed by atoms with Crippen molar-refractivity contribution in [2.24, 2.45) is 5.92 Å². The number of thioether (sulfide) groups is 1. The van der Waals surface area contributed by atoms with Gasteiger partial charge in [0.2, 0.25) is 5.16 Å². The first-order valence-corrected chi connectivity index (χ1v) is 10.7. The van der Waals surface area contributed by atoms with Gasteiger partial charge >= 0.3 is 0 Å². The molecule has 0 saturated carbocycles. The van der Waals surface area contributed by atoms with Crippen LogP contribution in [0, 0.1) is 12.8 Å². The fourth-order valence-electron chi connectivity index (χ4n) is 3.16. The molecule has 0 bridgehead atoms. The van der Waals surface area contributed by atoms with Crippen molar-refractivity contribution in [3.8, 4) is 5.75 Å². The molecule has 1 aromatic carbocycles. The molecule has 2 N–H and O–H groups in total. The average molecular weight is 412 g/mol. The van der Waals surface area contributed by atoms with Gasteiger partial charge in [0.1, 0.15) is 31.5 Å². The largest absolute Gasteiger partial charge is 0.486 e. The third-order valence-corrected chi connectivity index (χ3v) is 5.84. The minimum Gasteiger partial charge on any atom is -0.486 e. The number of halogens is 1. The molecule has 0 amide bonds. The Labute approximate surface area is 170 Å². The maximum Gasteiger partial charge on any atom is 0.208 e. The van der Waals surface area contributed by atoms with Crippen LogP contribution in [-0.4, -0.2) is 53.3 Å². The molecule has 8 heteroatoms. The summed E-state index contributed by atoms with van der Waals surface area (Å²) in [5.41, 5.74) is 0.990. The number of morpholine rings is 1. The van der Waals surface area contributed by atoms with Crippen LogP contribution in [0.1, 0.15) is 25.2 Å². The highest BCUT2D eigenvalue weighted by Gasteiger charge is 2.24. The lowest BCUT2D eigenvalue weighted by Gasteiger charge is -2.30. The molecule has 1 aromatic heterocycles. The van der Waals surface area contributed by atoms with E-state index in [9.17, 15) is 0 Å².